The number of nitrogens with zero attached hydrogens (tertiary/aromatic N) is 2. The van der Waals surface area contributed by atoms with E-state index < -0.39 is 0 Å². The molecule has 0 radical (unpaired) electrons. The lowest BCUT2D eigenvalue weighted by Crippen LogP contribution is -2.13. The van der Waals surface area contributed by atoms with Gasteiger partial charge < -0.3 is 5.32 Å². The minimum absolute atomic E-state index is 0.308. The normalized spacial score (nSPS) is 11.8. The third kappa shape index (κ3) is 3.10. The molecule has 1 aromatic heterocycles. The van der Waals surface area contributed by atoms with Gasteiger partial charge in [0.25, 0.3) is 0 Å². The van der Waals surface area contributed by atoms with Crippen molar-refractivity contribution in [3.05, 3.63) is 29.4 Å². The summed E-state index contributed by atoms with van der Waals surface area (Å²) in [6.45, 7) is 7.55. The van der Waals surface area contributed by atoms with Gasteiger partial charge in [0.05, 0.1) is 0 Å². The zero-order valence-corrected chi connectivity index (χ0v) is 11.8. The van der Waals surface area contributed by atoms with Crippen molar-refractivity contribution in [1.82, 2.24) is 10.2 Å². The third-order valence-electron chi connectivity index (χ3n) is 2.81. The molecular weight excluding hydrogens is 246 g/mol. The van der Waals surface area contributed by atoms with Crippen LogP contribution in [0.3, 0.4) is 0 Å². The molecule has 0 amide bonds. The summed E-state index contributed by atoms with van der Waals surface area (Å²) in [6.07, 6.45) is 1.08. The van der Waals surface area contributed by atoms with Gasteiger partial charge in [0.15, 0.2) is 11.0 Å². The van der Waals surface area contributed by atoms with Gasteiger partial charge in [-0.2, -0.15) is 0 Å². The second-order valence-electron chi connectivity index (χ2n) is 5.62. The molecule has 0 fully saturated rings. The Hall–Kier alpha value is -1.35. The van der Waals surface area contributed by atoms with Crippen LogP contribution < -0.4 is 5.32 Å². The van der Waals surface area contributed by atoms with E-state index in [0.717, 1.165) is 29.6 Å². The molecule has 4 heteroatoms. The molecule has 0 spiro atoms. The Labute approximate surface area is 113 Å². The van der Waals surface area contributed by atoms with Gasteiger partial charge in [-0.05, 0) is 11.8 Å². The van der Waals surface area contributed by atoms with Gasteiger partial charge in [-0.15, -0.1) is 10.2 Å². The number of aromatic nitrogens is 2. The summed E-state index contributed by atoms with van der Waals surface area (Å²) in [5, 5.41) is 13.9. The van der Waals surface area contributed by atoms with E-state index in [-0.39, 0.29) is 0 Å². The molecule has 0 saturated carbocycles. The zero-order chi connectivity index (χ0) is 13.2. The number of hydrogen-bond acceptors (Lipinski definition) is 3. The van der Waals surface area contributed by atoms with Crippen molar-refractivity contribution in [2.24, 2.45) is 5.41 Å². The molecule has 0 saturated heterocycles. The SMILES string of the molecule is CC(C)(C)CCNc1nnc(Cl)c2ccccc12. The largest absolute Gasteiger partial charge is 0.368 e. The first-order valence-corrected chi connectivity index (χ1v) is 6.50. The van der Waals surface area contributed by atoms with E-state index in [4.69, 9.17) is 11.6 Å². The van der Waals surface area contributed by atoms with E-state index in [1.165, 1.54) is 0 Å². The summed E-state index contributed by atoms with van der Waals surface area (Å²) >= 11 is 6.03. The molecule has 2 rings (SSSR count). The first kappa shape index (κ1) is 13.1. The van der Waals surface area contributed by atoms with Crippen LogP contribution in [0.4, 0.5) is 5.82 Å². The molecule has 0 aliphatic rings. The molecule has 2 aromatic rings. The molecule has 0 atom stereocenters. The topological polar surface area (TPSA) is 37.8 Å². The number of halogens is 1. The number of anilines is 1. The van der Waals surface area contributed by atoms with E-state index in [9.17, 15) is 0 Å². The first-order valence-electron chi connectivity index (χ1n) is 6.12. The Morgan fingerprint density at radius 3 is 2.44 bits per heavy atom. The molecule has 96 valence electrons. The lowest BCUT2D eigenvalue weighted by Gasteiger charge is -2.18. The van der Waals surface area contributed by atoms with Gasteiger partial charge in [0.1, 0.15) is 0 Å². The van der Waals surface area contributed by atoms with E-state index in [1.807, 2.05) is 24.3 Å². The van der Waals surface area contributed by atoms with Crippen molar-refractivity contribution in [3.8, 4) is 0 Å². The van der Waals surface area contributed by atoms with Crippen molar-refractivity contribution >= 4 is 28.2 Å². The second-order valence-corrected chi connectivity index (χ2v) is 5.98. The molecule has 18 heavy (non-hydrogen) atoms. The second kappa shape index (κ2) is 5.11. The van der Waals surface area contributed by atoms with Crippen LogP contribution in [0.15, 0.2) is 24.3 Å². The molecule has 1 N–H and O–H groups in total. The van der Waals surface area contributed by atoms with Crippen molar-refractivity contribution in [3.63, 3.8) is 0 Å². The quantitative estimate of drug-likeness (QED) is 0.905. The summed E-state index contributed by atoms with van der Waals surface area (Å²) in [5.74, 6) is 0.805. The highest BCUT2D eigenvalue weighted by atomic mass is 35.5. The van der Waals surface area contributed by atoms with Crippen LogP contribution in [0.5, 0.6) is 0 Å². The maximum Gasteiger partial charge on any atom is 0.159 e. The van der Waals surface area contributed by atoms with Crippen LogP contribution in [0, 0.1) is 5.41 Å². The summed E-state index contributed by atoms with van der Waals surface area (Å²) in [4.78, 5) is 0. The van der Waals surface area contributed by atoms with Gasteiger partial charge in [-0.1, -0.05) is 56.6 Å². The third-order valence-corrected chi connectivity index (χ3v) is 3.09. The molecule has 0 aliphatic carbocycles. The Kier molecular flexibility index (Phi) is 3.71. The molecule has 0 unspecified atom stereocenters. The van der Waals surface area contributed by atoms with Crippen molar-refractivity contribution < 1.29 is 0 Å². The highest BCUT2D eigenvalue weighted by Gasteiger charge is 2.11. The highest BCUT2D eigenvalue weighted by molar-refractivity contribution is 6.34. The van der Waals surface area contributed by atoms with Crippen LogP contribution in [-0.4, -0.2) is 16.7 Å². The zero-order valence-electron chi connectivity index (χ0n) is 11.0. The van der Waals surface area contributed by atoms with Gasteiger partial charge in [-0.3, -0.25) is 0 Å². The van der Waals surface area contributed by atoms with Gasteiger partial charge in [0, 0.05) is 17.3 Å². The van der Waals surface area contributed by atoms with Crippen LogP contribution in [0.25, 0.3) is 10.8 Å². The average molecular weight is 264 g/mol. The number of fused-ring (bicyclic) bond motifs is 1. The molecule has 1 aromatic carbocycles. The van der Waals surface area contributed by atoms with Crippen molar-refractivity contribution in [2.75, 3.05) is 11.9 Å². The van der Waals surface area contributed by atoms with E-state index >= 15 is 0 Å². The summed E-state index contributed by atoms with van der Waals surface area (Å²) < 4.78 is 0. The predicted molar refractivity (Wildman–Crippen MR) is 77.1 cm³/mol. The Bertz CT molecular complexity index is 546. The number of hydrogen-bond donors (Lipinski definition) is 1. The fourth-order valence-electron chi connectivity index (χ4n) is 1.76. The van der Waals surface area contributed by atoms with Crippen LogP contribution in [0.1, 0.15) is 27.2 Å². The average Bonchev–Trinajstić information content (AvgIpc) is 2.31. The van der Waals surface area contributed by atoms with E-state index in [0.29, 0.717) is 10.6 Å². The van der Waals surface area contributed by atoms with Crippen LogP contribution in [-0.2, 0) is 0 Å². The van der Waals surface area contributed by atoms with Crippen molar-refractivity contribution in [2.45, 2.75) is 27.2 Å². The summed E-state index contributed by atoms with van der Waals surface area (Å²) in [7, 11) is 0. The predicted octanol–water partition coefficient (Wildman–Crippen LogP) is 4.13. The van der Waals surface area contributed by atoms with Crippen LogP contribution >= 0.6 is 11.6 Å². The monoisotopic (exact) mass is 263 g/mol. The highest BCUT2D eigenvalue weighted by Crippen LogP contribution is 2.26. The summed E-state index contributed by atoms with van der Waals surface area (Å²) in [5.41, 5.74) is 0.308. The number of benzene rings is 1. The summed E-state index contributed by atoms with van der Waals surface area (Å²) in [6, 6.07) is 7.90. The smallest absolute Gasteiger partial charge is 0.159 e. The molecule has 3 nitrogen and oxygen atoms in total. The molecule has 0 aliphatic heterocycles. The maximum atomic E-state index is 6.03. The van der Waals surface area contributed by atoms with Gasteiger partial charge >= 0.3 is 0 Å². The number of nitrogens with one attached hydrogen (secondary N) is 1. The van der Waals surface area contributed by atoms with Crippen LogP contribution in [0.2, 0.25) is 5.15 Å². The minimum Gasteiger partial charge on any atom is -0.368 e. The molecule has 0 bridgehead atoms. The maximum absolute atomic E-state index is 6.03. The molecule has 1 heterocycles. The first-order chi connectivity index (χ1) is 8.47. The number of rotatable bonds is 3. The Morgan fingerprint density at radius 1 is 1.11 bits per heavy atom. The minimum atomic E-state index is 0.308. The van der Waals surface area contributed by atoms with Crippen molar-refractivity contribution in [1.29, 1.82) is 0 Å². The molecular formula is C14H18ClN3. The van der Waals surface area contributed by atoms with Gasteiger partial charge in [0.2, 0.25) is 0 Å². The van der Waals surface area contributed by atoms with Gasteiger partial charge in [-0.25, -0.2) is 0 Å². The standard InChI is InChI=1S/C14H18ClN3/c1-14(2,3)8-9-16-13-11-7-5-4-6-10(11)12(15)17-18-13/h4-7H,8-9H2,1-3H3,(H,16,18). The fraction of sp³-hybridized carbons (Fsp3) is 0.429. The fourth-order valence-corrected chi connectivity index (χ4v) is 1.96. The lowest BCUT2D eigenvalue weighted by molar-refractivity contribution is 0.389. The van der Waals surface area contributed by atoms with E-state index in [2.05, 4.69) is 36.3 Å². The Balaban J connectivity index is 2.21. The van der Waals surface area contributed by atoms with E-state index in [1.54, 1.807) is 0 Å². The lowest BCUT2D eigenvalue weighted by atomic mass is 9.92. The Morgan fingerprint density at radius 2 is 1.78 bits per heavy atom.